The lowest BCUT2D eigenvalue weighted by atomic mass is 9.95. The van der Waals surface area contributed by atoms with E-state index in [0.29, 0.717) is 16.2 Å². The van der Waals surface area contributed by atoms with Gasteiger partial charge in [0.1, 0.15) is 31.5 Å². The first-order valence-corrected chi connectivity index (χ1v) is 33.2. The van der Waals surface area contributed by atoms with Gasteiger partial charge in [-0.25, -0.2) is 43.5 Å². The zero-order chi connectivity index (χ0) is 67.7. The number of para-hydroxylation sites is 1. The van der Waals surface area contributed by atoms with Gasteiger partial charge in [-0.2, -0.15) is 0 Å². The number of rotatable bonds is 21. The fraction of sp³-hybridized carbons (Fsp3) is 0.171. The van der Waals surface area contributed by atoms with E-state index in [1.54, 1.807) is 132 Å². The Morgan fingerprint density at radius 2 is 0.717 bits per heavy atom. The van der Waals surface area contributed by atoms with Crippen molar-refractivity contribution in [3.05, 3.63) is 321 Å². The standard InChI is InChI=1S/C76H61N3O17S2.ClH/c1-48-27-26-44-57(45-48)79-75(77-56-42-24-9-25-43-56)97-98-76(79)78-66-64(94-72(85)54-38-20-7-21-39-54)62(92-70(83)52-34-16-5-17-35-52)61(58(89-66)46-87-67(80)49-28-10-2-11-29-49)96-74-65(95-73(86)55-40-22-8-23-41-55)63(93-71(84)53-36-18-6-19-37-53)60(91-69(82)51-32-14-4-15-33-51)59(90-74)47-88-68(81)50-30-12-3-13-31-50;/h2-45,58-66,74H,46-47H2,1H3;1H/b77-75?,78-76+;/t58-,59-,60+,61-,62+,63+,64-,65-,66-,74+;/m1./s1. The molecule has 502 valence electrons. The van der Waals surface area contributed by atoms with E-state index in [1.807, 2.05) is 61.5 Å². The first-order chi connectivity index (χ1) is 47.9. The minimum Gasteiger partial charge on any atom is -0.459 e. The van der Waals surface area contributed by atoms with Crippen LogP contribution in [0.1, 0.15) is 78.1 Å². The highest BCUT2D eigenvalue weighted by molar-refractivity contribution is 7.67. The number of halogens is 1. The second kappa shape index (κ2) is 33.3. The lowest BCUT2D eigenvalue weighted by Crippen LogP contribution is -2.67. The third-order valence-electron chi connectivity index (χ3n) is 15.6. The smallest absolute Gasteiger partial charge is 0.338 e. The maximum Gasteiger partial charge on any atom is 0.338 e. The van der Waals surface area contributed by atoms with Gasteiger partial charge in [0.25, 0.3) is 0 Å². The molecule has 12 rings (SSSR count). The lowest BCUT2D eigenvalue weighted by Gasteiger charge is -2.48. The average molecular weight is 1390 g/mol. The van der Waals surface area contributed by atoms with Crippen LogP contribution in [0.25, 0.3) is 5.69 Å². The molecule has 2 aliphatic heterocycles. The zero-order valence-electron chi connectivity index (χ0n) is 52.6. The summed E-state index contributed by atoms with van der Waals surface area (Å²) >= 11 is 0. The highest BCUT2D eigenvalue weighted by atomic mass is 35.5. The molecule has 10 atom stereocenters. The van der Waals surface area contributed by atoms with Gasteiger partial charge in [-0.1, -0.05) is 158 Å². The van der Waals surface area contributed by atoms with Crippen molar-refractivity contribution in [2.24, 2.45) is 9.98 Å². The number of aryl methyl sites for hydroxylation is 1. The second-order valence-corrected chi connectivity index (χ2v) is 24.4. The number of ether oxygens (including phenoxy) is 10. The lowest BCUT2D eigenvalue weighted by molar-refractivity contribution is -0.338. The first-order valence-electron chi connectivity index (χ1n) is 31.0. The molecule has 2 saturated heterocycles. The Labute approximate surface area is 581 Å². The van der Waals surface area contributed by atoms with Crippen molar-refractivity contribution >= 4 is 80.6 Å². The number of carbonyl (C=O) groups is 7. The second-order valence-electron chi connectivity index (χ2n) is 22.3. The number of hydrogen-bond acceptors (Lipinski definition) is 21. The van der Waals surface area contributed by atoms with Gasteiger partial charge in [0.2, 0.25) is 9.60 Å². The predicted molar refractivity (Wildman–Crippen MR) is 365 cm³/mol. The molecule has 1 aromatic heterocycles. The molecule has 0 bridgehead atoms. The topological polar surface area (TPSA) is 241 Å². The molecule has 9 aromatic carbocycles. The summed E-state index contributed by atoms with van der Waals surface area (Å²) in [6.45, 7) is 0.437. The summed E-state index contributed by atoms with van der Waals surface area (Å²) in [5.74, 6) is -6.59. The van der Waals surface area contributed by atoms with Crippen molar-refractivity contribution in [3.63, 3.8) is 0 Å². The highest BCUT2D eigenvalue weighted by Crippen LogP contribution is 2.38. The molecule has 10 aromatic rings. The summed E-state index contributed by atoms with van der Waals surface area (Å²) in [6, 6.07) is 72.1. The number of hydrogen-bond donors (Lipinski definition) is 0. The van der Waals surface area contributed by atoms with Crippen LogP contribution in [0.5, 0.6) is 0 Å². The van der Waals surface area contributed by atoms with Gasteiger partial charge in [0.15, 0.2) is 43.0 Å². The van der Waals surface area contributed by atoms with Gasteiger partial charge >= 0.3 is 41.8 Å². The summed E-state index contributed by atoms with van der Waals surface area (Å²) in [4.78, 5) is 114. The number of benzene rings is 9. The number of nitrogens with zero attached hydrogens (tertiary/aromatic N) is 3. The van der Waals surface area contributed by atoms with E-state index in [2.05, 4.69) is 0 Å². The molecule has 0 aliphatic carbocycles. The van der Waals surface area contributed by atoms with Crippen LogP contribution in [0.4, 0.5) is 5.69 Å². The Morgan fingerprint density at radius 3 is 1.13 bits per heavy atom. The maximum absolute atomic E-state index is 15.1. The van der Waals surface area contributed by atoms with E-state index in [1.165, 1.54) is 106 Å². The summed E-state index contributed by atoms with van der Waals surface area (Å²) in [7, 11) is 2.47. The molecular weight excluding hydrogens is 1330 g/mol. The van der Waals surface area contributed by atoms with Crippen molar-refractivity contribution in [1.29, 1.82) is 0 Å². The van der Waals surface area contributed by atoms with Crippen LogP contribution in [0.15, 0.2) is 277 Å². The molecule has 0 unspecified atom stereocenters. The van der Waals surface area contributed by atoms with Crippen molar-refractivity contribution in [2.75, 3.05) is 13.2 Å². The van der Waals surface area contributed by atoms with Crippen LogP contribution in [0.2, 0.25) is 0 Å². The van der Waals surface area contributed by atoms with Crippen molar-refractivity contribution in [3.8, 4) is 5.69 Å². The molecule has 20 nitrogen and oxygen atoms in total. The van der Waals surface area contributed by atoms with Crippen molar-refractivity contribution in [2.45, 2.75) is 68.3 Å². The number of aromatic nitrogens is 1. The quantitative estimate of drug-likeness (QED) is 0.0369. The summed E-state index contributed by atoms with van der Waals surface area (Å²) in [6.07, 6.45) is -18.6. The molecule has 99 heavy (non-hydrogen) atoms. The van der Waals surface area contributed by atoms with Crippen LogP contribution in [0.3, 0.4) is 0 Å². The number of carbonyl (C=O) groups excluding carboxylic acids is 7. The zero-order valence-corrected chi connectivity index (χ0v) is 55.0. The molecular formula is C76H62ClN3O17S2. The molecule has 0 spiro atoms. The Kier molecular flexibility index (Phi) is 23.3. The van der Waals surface area contributed by atoms with Gasteiger partial charge in [0.05, 0.1) is 50.3 Å². The predicted octanol–water partition coefficient (Wildman–Crippen LogP) is 12.1. The van der Waals surface area contributed by atoms with E-state index >= 15 is 4.79 Å². The Balaban J connectivity index is 0.00000990. The third-order valence-corrected chi connectivity index (χ3v) is 17.7. The average Bonchev–Trinajstić information content (AvgIpc) is 1.31. The van der Waals surface area contributed by atoms with E-state index in [4.69, 9.17) is 57.4 Å². The van der Waals surface area contributed by atoms with Crippen LogP contribution < -0.4 is 9.60 Å². The molecule has 2 fully saturated rings. The van der Waals surface area contributed by atoms with Gasteiger partial charge in [-0.3, -0.25) is 4.57 Å². The highest BCUT2D eigenvalue weighted by Gasteiger charge is 2.58. The van der Waals surface area contributed by atoms with Crippen LogP contribution >= 0.6 is 33.1 Å². The fourth-order valence-electron chi connectivity index (χ4n) is 10.8. The maximum atomic E-state index is 15.1. The van der Waals surface area contributed by atoms with Gasteiger partial charge in [0, 0.05) is 0 Å². The molecule has 2 aliphatic rings. The summed E-state index contributed by atoms with van der Waals surface area (Å²) in [5, 5.41) is 0. The monoisotopic (exact) mass is 1390 g/mol. The minimum absolute atomic E-state index is 0. The Bertz CT molecular complexity index is 4540. The van der Waals surface area contributed by atoms with Crippen LogP contribution in [0, 0.1) is 6.92 Å². The summed E-state index contributed by atoms with van der Waals surface area (Å²) < 4.78 is 67.6. The summed E-state index contributed by atoms with van der Waals surface area (Å²) in [5.41, 5.74) is 2.53. The largest absolute Gasteiger partial charge is 0.459 e. The van der Waals surface area contributed by atoms with Gasteiger partial charge in [-0.15, -0.1) is 12.4 Å². The SMILES string of the molecule is Cc1cccc(-n2c(=Nc3ccccc3)ss/c2=N/[C@@H]2O[C@H](COC(=O)c3ccccc3)[C@@H](O[C@@H]3O[C@H](COC(=O)c4ccccc4)[C@H](OC(=O)c4ccccc4)[C@H](OC(=O)c4ccccc4)[C@H]3OC(=O)c3ccccc3)[C@H](OC(=O)c3ccccc3)[C@H]2OC(=O)c2ccccc2)c1.Cl. The van der Waals surface area contributed by atoms with Crippen LogP contribution in [-0.4, -0.2) is 121 Å². The molecule has 3 heterocycles. The minimum atomic E-state index is -2.11. The van der Waals surface area contributed by atoms with Gasteiger partial charge in [-0.05, 0) is 142 Å². The van der Waals surface area contributed by atoms with Gasteiger partial charge < -0.3 is 47.4 Å². The Morgan fingerprint density at radius 1 is 0.374 bits per heavy atom. The molecule has 0 N–H and O–H groups in total. The Hall–Kier alpha value is -11.0. The first kappa shape index (κ1) is 69.4. The van der Waals surface area contributed by atoms with E-state index in [9.17, 15) is 28.8 Å². The molecule has 23 heteroatoms. The third kappa shape index (κ3) is 17.4. The van der Waals surface area contributed by atoms with E-state index in [-0.39, 0.29) is 56.2 Å². The van der Waals surface area contributed by atoms with Crippen molar-refractivity contribution < 1.29 is 80.9 Å². The molecule has 0 saturated carbocycles. The van der Waals surface area contributed by atoms with E-state index in [0.717, 1.165) is 5.56 Å². The van der Waals surface area contributed by atoms with Crippen molar-refractivity contribution in [1.82, 2.24) is 4.57 Å². The number of esters is 7. The molecule has 0 radical (unpaired) electrons. The molecule has 0 amide bonds. The van der Waals surface area contributed by atoms with Crippen LogP contribution in [-0.2, 0) is 47.4 Å². The van der Waals surface area contributed by atoms with E-state index < -0.39 is 116 Å². The fourth-order valence-corrected chi connectivity index (χ4v) is 12.9. The normalized spacial score (nSPS) is 20.5.